The number of aliphatic hydroxyl groups is 1. The van der Waals surface area contributed by atoms with Crippen LogP contribution in [0.15, 0.2) is 54.1 Å². The van der Waals surface area contributed by atoms with Gasteiger partial charge in [0.2, 0.25) is 0 Å². The first-order valence-electron chi connectivity index (χ1n) is 10.6. The maximum absolute atomic E-state index is 13.1. The third kappa shape index (κ3) is 4.50. The average Bonchev–Trinajstić information content (AvgIpc) is 3.08. The molecule has 2 aromatic carbocycles. The molecule has 32 heavy (non-hydrogen) atoms. The van der Waals surface area contributed by atoms with Crippen molar-refractivity contribution in [2.24, 2.45) is 0 Å². The van der Waals surface area contributed by atoms with Crippen LogP contribution >= 0.6 is 11.6 Å². The molecule has 1 amide bonds. The Bertz CT molecular complexity index is 1010. The van der Waals surface area contributed by atoms with Crippen molar-refractivity contribution in [3.8, 4) is 5.75 Å². The van der Waals surface area contributed by atoms with E-state index in [1.54, 1.807) is 60.5 Å². The van der Waals surface area contributed by atoms with Gasteiger partial charge >= 0.3 is 0 Å². The molecule has 7 nitrogen and oxygen atoms in total. The number of methoxy groups -OCH3 is 1. The number of nitrogens with zero attached hydrogens (tertiary/aromatic N) is 2. The maximum Gasteiger partial charge on any atom is 0.295 e. The fraction of sp³-hybridized carbons (Fsp3) is 0.333. The second-order valence-electron chi connectivity index (χ2n) is 7.86. The molecule has 0 radical (unpaired) electrons. The topological polar surface area (TPSA) is 82.1 Å². The minimum absolute atomic E-state index is 0.0859. The van der Waals surface area contributed by atoms with Crippen LogP contribution in [0.25, 0.3) is 5.76 Å². The quantitative estimate of drug-likeness (QED) is 0.396. The van der Waals surface area contributed by atoms with Crippen LogP contribution in [0.4, 0.5) is 0 Å². The zero-order valence-electron chi connectivity index (χ0n) is 17.9. The van der Waals surface area contributed by atoms with E-state index in [1.165, 1.54) is 0 Å². The van der Waals surface area contributed by atoms with Gasteiger partial charge in [0.1, 0.15) is 11.5 Å². The molecule has 0 aliphatic carbocycles. The number of hydrogen-bond acceptors (Lipinski definition) is 6. The van der Waals surface area contributed by atoms with Crippen LogP contribution in [0.1, 0.15) is 17.2 Å². The number of Topliss-reactive ketones (excluding diaryl/α,β-unsaturated/α-hetero) is 1. The van der Waals surface area contributed by atoms with Gasteiger partial charge in [0.15, 0.2) is 0 Å². The molecule has 2 saturated heterocycles. The summed E-state index contributed by atoms with van der Waals surface area (Å²) in [5.74, 6) is -0.850. The molecule has 0 spiro atoms. The van der Waals surface area contributed by atoms with E-state index in [0.717, 1.165) is 31.7 Å². The van der Waals surface area contributed by atoms with Gasteiger partial charge in [0, 0.05) is 49.9 Å². The Hall–Kier alpha value is -2.87. The minimum Gasteiger partial charge on any atom is -0.507 e. The molecule has 0 bridgehead atoms. The highest BCUT2D eigenvalue weighted by Gasteiger charge is 2.46. The number of carbonyl (C=O) groups is 2. The van der Waals surface area contributed by atoms with Gasteiger partial charge < -0.3 is 20.1 Å². The van der Waals surface area contributed by atoms with E-state index in [1.807, 2.05) is 0 Å². The molecule has 1 atom stereocenters. The van der Waals surface area contributed by atoms with E-state index < -0.39 is 17.7 Å². The Balaban J connectivity index is 1.71. The first kappa shape index (κ1) is 22.3. The zero-order valence-corrected chi connectivity index (χ0v) is 18.6. The van der Waals surface area contributed by atoms with Gasteiger partial charge in [-0.25, -0.2) is 0 Å². The van der Waals surface area contributed by atoms with Crippen molar-refractivity contribution in [2.75, 3.05) is 46.4 Å². The number of hydrogen-bond donors (Lipinski definition) is 2. The highest BCUT2D eigenvalue weighted by molar-refractivity contribution is 6.46. The number of likely N-dealkylation sites (tertiary alicyclic amines) is 1. The van der Waals surface area contributed by atoms with Gasteiger partial charge in [-0.15, -0.1) is 0 Å². The summed E-state index contributed by atoms with van der Waals surface area (Å²) < 4.78 is 5.17. The van der Waals surface area contributed by atoms with Gasteiger partial charge in [0.05, 0.1) is 18.7 Å². The van der Waals surface area contributed by atoms with E-state index in [9.17, 15) is 14.7 Å². The van der Waals surface area contributed by atoms with Crippen molar-refractivity contribution in [3.05, 3.63) is 70.3 Å². The van der Waals surface area contributed by atoms with Crippen LogP contribution in [0.2, 0.25) is 5.02 Å². The Morgan fingerprint density at radius 1 is 1.06 bits per heavy atom. The fourth-order valence-electron chi connectivity index (χ4n) is 4.19. The number of piperazine rings is 1. The normalized spacial score (nSPS) is 21.2. The number of ether oxygens (including phenoxy) is 1. The lowest BCUT2D eigenvalue weighted by atomic mass is 9.95. The summed E-state index contributed by atoms with van der Waals surface area (Å²) in [6.07, 6.45) is 0. The molecule has 4 rings (SSSR count). The molecule has 168 valence electrons. The Morgan fingerprint density at radius 2 is 1.72 bits per heavy atom. The highest BCUT2D eigenvalue weighted by atomic mass is 35.5. The Kier molecular flexibility index (Phi) is 6.79. The monoisotopic (exact) mass is 455 g/mol. The first-order chi connectivity index (χ1) is 15.5. The van der Waals surface area contributed by atoms with Crippen LogP contribution in [-0.4, -0.2) is 73.0 Å². The van der Waals surface area contributed by atoms with Crippen molar-refractivity contribution >= 4 is 29.1 Å². The number of rotatable bonds is 6. The summed E-state index contributed by atoms with van der Waals surface area (Å²) in [7, 11) is 1.55. The van der Waals surface area contributed by atoms with Gasteiger partial charge in [-0.05, 0) is 42.0 Å². The fourth-order valence-corrected chi connectivity index (χ4v) is 4.32. The molecule has 2 heterocycles. The summed E-state index contributed by atoms with van der Waals surface area (Å²) in [5.41, 5.74) is 1.26. The molecule has 0 aromatic heterocycles. The summed E-state index contributed by atoms with van der Waals surface area (Å²) in [4.78, 5) is 29.9. The molecule has 2 aliphatic heterocycles. The van der Waals surface area contributed by atoms with E-state index in [2.05, 4.69) is 10.2 Å². The minimum atomic E-state index is -0.683. The smallest absolute Gasteiger partial charge is 0.295 e. The third-order valence-corrected chi connectivity index (χ3v) is 6.21. The standard InChI is InChI=1S/C24H26ClN3O4/c1-32-19-8-4-17(5-9-19)22(29)20-21(16-2-6-18(25)7-3-16)28(24(31)23(20)30)15-14-27-12-10-26-11-13-27/h2-9,21,26,29H,10-15H2,1H3/b22-20-. The van der Waals surface area contributed by atoms with Crippen LogP contribution in [0.5, 0.6) is 5.75 Å². The van der Waals surface area contributed by atoms with E-state index in [0.29, 0.717) is 29.4 Å². The summed E-state index contributed by atoms with van der Waals surface area (Å²) >= 11 is 6.06. The molecule has 2 N–H and O–H groups in total. The van der Waals surface area contributed by atoms with E-state index in [4.69, 9.17) is 16.3 Å². The number of carbonyl (C=O) groups excluding carboxylic acids is 2. The highest BCUT2D eigenvalue weighted by Crippen LogP contribution is 2.39. The van der Waals surface area contributed by atoms with Crippen molar-refractivity contribution < 1.29 is 19.4 Å². The summed E-state index contributed by atoms with van der Waals surface area (Å²) in [6.45, 7) is 4.62. The van der Waals surface area contributed by atoms with Gasteiger partial charge in [-0.2, -0.15) is 0 Å². The van der Waals surface area contributed by atoms with Crippen LogP contribution in [0, 0.1) is 0 Å². The molecule has 2 aromatic rings. The Labute approximate surface area is 192 Å². The lowest BCUT2D eigenvalue weighted by Gasteiger charge is -2.31. The number of ketones is 1. The SMILES string of the molecule is COc1ccc(/C(O)=C2/C(=O)C(=O)N(CCN3CCNCC3)C2c2ccc(Cl)cc2)cc1. The second-order valence-corrected chi connectivity index (χ2v) is 8.30. The number of halogens is 1. The molecule has 1 unspecified atom stereocenters. The van der Waals surface area contributed by atoms with E-state index >= 15 is 0 Å². The molecule has 8 heteroatoms. The number of aliphatic hydroxyl groups excluding tert-OH is 1. The lowest BCUT2D eigenvalue weighted by Crippen LogP contribution is -2.46. The van der Waals surface area contributed by atoms with Crippen molar-refractivity contribution in [3.63, 3.8) is 0 Å². The Morgan fingerprint density at radius 3 is 2.34 bits per heavy atom. The molecule has 0 saturated carbocycles. The molecule has 2 aliphatic rings. The predicted molar refractivity (Wildman–Crippen MR) is 123 cm³/mol. The van der Waals surface area contributed by atoms with Crippen LogP contribution in [0.3, 0.4) is 0 Å². The number of benzene rings is 2. The third-order valence-electron chi connectivity index (χ3n) is 5.96. The largest absolute Gasteiger partial charge is 0.507 e. The molecular formula is C24H26ClN3O4. The summed E-state index contributed by atoms with van der Waals surface area (Å²) in [5, 5.41) is 15.0. The average molecular weight is 456 g/mol. The van der Waals surface area contributed by atoms with Crippen LogP contribution < -0.4 is 10.1 Å². The van der Waals surface area contributed by atoms with Crippen molar-refractivity contribution in [1.82, 2.24) is 15.1 Å². The first-order valence-corrected chi connectivity index (χ1v) is 11.0. The zero-order chi connectivity index (χ0) is 22.7. The van der Waals surface area contributed by atoms with Crippen molar-refractivity contribution in [2.45, 2.75) is 6.04 Å². The van der Waals surface area contributed by atoms with Crippen LogP contribution in [-0.2, 0) is 9.59 Å². The number of nitrogens with one attached hydrogen (secondary N) is 1. The van der Waals surface area contributed by atoms with Gasteiger partial charge in [-0.3, -0.25) is 14.5 Å². The molecular weight excluding hydrogens is 430 g/mol. The van der Waals surface area contributed by atoms with Gasteiger partial charge in [-0.1, -0.05) is 23.7 Å². The van der Waals surface area contributed by atoms with Gasteiger partial charge in [0.25, 0.3) is 11.7 Å². The van der Waals surface area contributed by atoms with E-state index in [-0.39, 0.29) is 11.3 Å². The van der Waals surface area contributed by atoms with Crippen molar-refractivity contribution in [1.29, 1.82) is 0 Å². The molecule has 2 fully saturated rings. The summed E-state index contributed by atoms with van der Waals surface area (Å²) in [6, 6.07) is 13.1. The second kappa shape index (κ2) is 9.73. The predicted octanol–water partition coefficient (Wildman–Crippen LogP) is 2.68. The maximum atomic E-state index is 13.1. The lowest BCUT2D eigenvalue weighted by molar-refractivity contribution is -0.140. The number of amides is 1.